The lowest BCUT2D eigenvalue weighted by Gasteiger charge is -2.05. The first kappa shape index (κ1) is 9.27. The van der Waals surface area contributed by atoms with Crippen LogP contribution in [0.15, 0.2) is 18.2 Å². The zero-order valence-corrected chi connectivity index (χ0v) is 7.93. The van der Waals surface area contributed by atoms with E-state index in [-0.39, 0.29) is 0 Å². The van der Waals surface area contributed by atoms with Crippen LogP contribution in [0.2, 0.25) is 0 Å². The molecule has 0 aliphatic heterocycles. The Morgan fingerprint density at radius 2 is 2.08 bits per heavy atom. The fourth-order valence-corrected chi connectivity index (χ4v) is 1.43. The lowest BCUT2D eigenvalue weighted by atomic mass is 10.0. The van der Waals surface area contributed by atoms with Gasteiger partial charge in [-0.05, 0) is 30.0 Å². The van der Waals surface area contributed by atoms with Crippen LogP contribution in [0.5, 0.6) is 0 Å². The minimum Gasteiger partial charge on any atom is -0.326 e. The van der Waals surface area contributed by atoms with Gasteiger partial charge in [0.15, 0.2) is 0 Å². The lowest BCUT2D eigenvalue weighted by molar-refractivity contribution is 0.909. The number of nitrogens with two attached hydrogens (primary N) is 1. The third-order valence-electron chi connectivity index (χ3n) is 2.16. The Hall–Kier alpha value is -0.820. The Labute approximate surface area is 74.6 Å². The Balaban J connectivity index is 2.87. The summed E-state index contributed by atoms with van der Waals surface area (Å²) < 4.78 is 0. The van der Waals surface area contributed by atoms with Crippen molar-refractivity contribution in [1.82, 2.24) is 0 Å². The number of benzene rings is 1. The molecule has 0 unspecified atom stereocenters. The molecule has 1 aromatic rings. The average molecular weight is 163 g/mol. The summed E-state index contributed by atoms with van der Waals surface area (Å²) in [6.45, 7) is 5.01. The van der Waals surface area contributed by atoms with E-state index in [1.165, 1.54) is 29.5 Å². The third kappa shape index (κ3) is 2.08. The minimum atomic E-state index is 0.646. The molecule has 0 aromatic heterocycles. The van der Waals surface area contributed by atoms with Crippen LogP contribution < -0.4 is 5.73 Å². The maximum absolute atomic E-state index is 5.54. The zero-order valence-electron chi connectivity index (χ0n) is 7.93. The Morgan fingerprint density at radius 3 is 2.58 bits per heavy atom. The number of hydrogen-bond donors (Lipinski definition) is 1. The number of rotatable bonds is 3. The lowest BCUT2D eigenvalue weighted by Crippen LogP contribution is -1.98. The van der Waals surface area contributed by atoms with Gasteiger partial charge in [0, 0.05) is 6.54 Å². The molecule has 0 heterocycles. The summed E-state index contributed by atoms with van der Waals surface area (Å²) in [5.74, 6) is 0. The van der Waals surface area contributed by atoms with Gasteiger partial charge in [-0.3, -0.25) is 0 Å². The summed E-state index contributed by atoms with van der Waals surface area (Å²) >= 11 is 0. The molecule has 0 saturated heterocycles. The smallest absolute Gasteiger partial charge is 0.0178 e. The van der Waals surface area contributed by atoms with E-state index in [9.17, 15) is 0 Å². The van der Waals surface area contributed by atoms with Gasteiger partial charge in [-0.15, -0.1) is 0 Å². The average Bonchev–Trinajstić information content (AvgIpc) is 2.09. The van der Waals surface area contributed by atoms with Crippen LogP contribution in [0.1, 0.15) is 30.0 Å². The van der Waals surface area contributed by atoms with Crippen LogP contribution in [0.3, 0.4) is 0 Å². The Kier molecular flexibility index (Phi) is 3.30. The van der Waals surface area contributed by atoms with Crippen LogP contribution in [-0.2, 0) is 13.0 Å². The Bertz CT molecular complexity index is 253. The molecule has 0 spiro atoms. The first-order valence-corrected chi connectivity index (χ1v) is 4.56. The monoisotopic (exact) mass is 163 g/mol. The summed E-state index contributed by atoms with van der Waals surface area (Å²) in [6, 6.07) is 6.50. The maximum atomic E-state index is 5.54. The topological polar surface area (TPSA) is 26.0 Å². The molecule has 0 radical (unpaired) electrons. The van der Waals surface area contributed by atoms with E-state index in [0.717, 1.165) is 0 Å². The molecule has 0 atom stereocenters. The van der Waals surface area contributed by atoms with E-state index in [4.69, 9.17) is 5.73 Å². The summed E-state index contributed by atoms with van der Waals surface area (Å²) in [5.41, 5.74) is 9.60. The molecule has 66 valence electrons. The molecule has 0 bridgehead atoms. The SMILES string of the molecule is CCCc1ccc(CN)cc1C. The standard InChI is InChI=1S/C11H17N/c1-3-4-11-6-5-10(8-12)7-9(11)2/h5-7H,3-4,8,12H2,1-2H3. The van der Waals surface area contributed by atoms with Crippen LogP contribution in [-0.4, -0.2) is 0 Å². The van der Waals surface area contributed by atoms with Crippen LogP contribution in [0.25, 0.3) is 0 Å². The van der Waals surface area contributed by atoms with E-state index < -0.39 is 0 Å². The molecule has 1 aromatic carbocycles. The van der Waals surface area contributed by atoms with Gasteiger partial charge in [0.2, 0.25) is 0 Å². The van der Waals surface area contributed by atoms with Crippen molar-refractivity contribution in [3.05, 3.63) is 34.9 Å². The van der Waals surface area contributed by atoms with Crippen LogP contribution >= 0.6 is 0 Å². The highest BCUT2D eigenvalue weighted by atomic mass is 14.5. The van der Waals surface area contributed by atoms with Gasteiger partial charge in [-0.25, -0.2) is 0 Å². The highest BCUT2D eigenvalue weighted by Crippen LogP contribution is 2.12. The van der Waals surface area contributed by atoms with Gasteiger partial charge in [-0.1, -0.05) is 31.5 Å². The maximum Gasteiger partial charge on any atom is 0.0178 e. The normalized spacial score (nSPS) is 10.2. The summed E-state index contributed by atoms with van der Waals surface area (Å²) in [6.07, 6.45) is 2.39. The van der Waals surface area contributed by atoms with Gasteiger partial charge >= 0.3 is 0 Å². The second kappa shape index (κ2) is 4.27. The number of aryl methyl sites for hydroxylation is 2. The summed E-state index contributed by atoms with van der Waals surface area (Å²) in [5, 5.41) is 0. The molecule has 0 aliphatic rings. The van der Waals surface area contributed by atoms with Crippen LogP contribution in [0, 0.1) is 6.92 Å². The highest BCUT2D eigenvalue weighted by Gasteiger charge is 1.97. The van der Waals surface area contributed by atoms with Gasteiger partial charge in [-0.2, -0.15) is 0 Å². The molecule has 0 fully saturated rings. The molecule has 12 heavy (non-hydrogen) atoms. The van der Waals surface area contributed by atoms with Gasteiger partial charge < -0.3 is 5.73 Å². The van der Waals surface area contributed by atoms with Crippen molar-refractivity contribution < 1.29 is 0 Å². The van der Waals surface area contributed by atoms with E-state index in [0.29, 0.717) is 6.54 Å². The third-order valence-corrected chi connectivity index (χ3v) is 2.16. The van der Waals surface area contributed by atoms with Crippen molar-refractivity contribution >= 4 is 0 Å². The van der Waals surface area contributed by atoms with Crippen molar-refractivity contribution in [2.45, 2.75) is 33.2 Å². The summed E-state index contributed by atoms with van der Waals surface area (Å²) in [7, 11) is 0. The molecule has 1 heteroatoms. The molecular weight excluding hydrogens is 146 g/mol. The van der Waals surface area contributed by atoms with E-state index in [2.05, 4.69) is 32.0 Å². The fourth-order valence-electron chi connectivity index (χ4n) is 1.43. The van der Waals surface area contributed by atoms with Crippen molar-refractivity contribution in [2.24, 2.45) is 5.73 Å². The van der Waals surface area contributed by atoms with E-state index in [1.807, 2.05) is 0 Å². The molecule has 1 nitrogen and oxygen atoms in total. The minimum absolute atomic E-state index is 0.646. The predicted molar refractivity (Wildman–Crippen MR) is 53.1 cm³/mol. The fraction of sp³-hybridized carbons (Fsp3) is 0.455. The van der Waals surface area contributed by atoms with Gasteiger partial charge in [0.05, 0.1) is 0 Å². The van der Waals surface area contributed by atoms with Crippen LogP contribution in [0.4, 0.5) is 0 Å². The molecule has 0 amide bonds. The molecular formula is C11H17N. The second-order valence-electron chi connectivity index (χ2n) is 3.21. The molecule has 0 aliphatic carbocycles. The molecule has 1 rings (SSSR count). The van der Waals surface area contributed by atoms with Crippen molar-refractivity contribution in [2.75, 3.05) is 0 Å². The first-order valence-electron chi connectivity index (χ1n) is 4.56. The predicted octanol–water partition coefficient (Wildman–Crippen LogP) is 2.41. The molecule has 0 saturated carbocycles. The van der Waals surface area contributed by atoms with Gasteiger partial charge in [0.1, 0.15) is 0 Å². The zero-order chi connectivity index (χ0) is 8.97. The van der Waals surface area contributed by atoms with Crippen molar-refractivity contribution in [3.8, 4) is 0 Å². The highest BCUT2D eigenvalue weighted by molar-refractivity contribution is 5.30. The first-order chi connectivity index (χ1) is 5.77. The largest absolute Gasteiger partial charge is 0.326 e. The second-order valence-corrected chi connectivity index (χ2v) is 3.21. The molecule has 2 N–H and O–H groups in total. The van der Waals surface area contributed by atoms with Crippen molar-refractivity contribution in [3.63, 3.8) is 0 Å². The summed E-state index contributed by atoms with van der Waals surface area (Å²) in [4.78, 5) is 0. The number of hydrogen-bond acceptors (Lipinski definition) is 1. The van der Waals surface area contributed by atoms with E-state index >= 15 is 0 Å². The van der Waals surface area contributed by atoms with Gasteiger partial charge in [0.25, 0.3) is 0 Å². The Morgan fingerprint density at radius 1 is 1.33 bits per heavy atom. The van der Waals surface area contributed by atoms with Crippen molar-refractivity contribution in [1.29, 1.82) is 0 Å². The quantitative estimate of drug-likeness (QED) is 0.727. The van der Waals surface area contributed by atoms with E-state index in [1.54, 1.807) is 0 Å².